The molecule has 160 valence electrons. The van der Waals surface area contributed by atoms with Gasteiger partial charge in [0.05, 0.1) is 12.1 Å². The molecule has 2 aromatic carbocycles. The summed E-state index contributed by atoms with van der Waals surface area (Å²) in [5.74, 6) is 0.595. The number of pyridine rings is 1. The molecule has 3 heterocycles. The molecule has 0 saturated carbocycles. The number of aryl methyl sites for hydroxylation is 1. The number of benzene rings is 2. The largest absolute Gasteiger partial charge is 0.350 e. The van der Waals surface area contributed by atoms with E-state index < -0.39 is 0 Å². The number of carbonyl (C=O) groups is 1. The van der Waals surface area contributed by atoms with Crippen molar-refractivity contribution in [3.8, 4) is 0 Å². The third-order valence-corrected chi connectivity index (χ3v) is 5.64. The van der Waals surface area contributed by atoms with Gasteiger partial charge < -0.3 is 5.32 Å². The van der Waals surface area contributed by atoms with Crippen molar-refractivity contribution in [1.82, 2.24) is 29.7 Å². The Bertz CT molecular complexity index is 1420. The molecule has 32 heavy (non-hydrogen) atoms. The lowest BCUT2D eigenvalue weighted by molar-refractivity contribution is 0.0949. The van der Waals surface area contributed by atoms with Crippen LogP contribution < -0.4 is 5.32 Å². The highest BCUT2D eigenvalue weighted by Crippen LogP contribution is 2.22. The summed E-state index contributed by atoms with van der Waals surface area (Å²) in [6, 6.07) is 19.4. The highest BCUT2D eigenvalue weighted by atomic mass is 35.5. The van der Waals surface area contributed by atoms with Crippen LogP contribution in [0.3, 0.4) is 0 Å². The first-order valence-electron chi connectivity index (χ1n) is 10.4. The van der Waals surface area contributed by atoms with Crippen molar-refractivity contribution in [2.45, 2.75) is 19.9 Å². The van der Waals surface area contributed by atoms with Crippen molar-refractivity contribution < 1.29 is 4.79 Å². The molecule has 1 amide bonds. The molecule has 7 nitrogen and oxygen atoms in total. The average molecular weight is 445 g/mol. The quantitative estimate of drug-likeness (QED) is 0.428. The average Bonchev–Trinajstić information content (AvgIpc) is 3.37. The molecule has 0 radical (unpaired) electrons. The van der Waals surface area contributed by atoms with Crippen LogP contribution in [0.2, 0.25) is 5.02 Å². The second kappa shape index (κ2) is 8.43. The van der Waals surface area contributed by atoms with E-state index in [1.165, 1.54) is 0 Å². The normalized spacial score (nSPS) is 11.3. The Morgan fingerprint density at radius 2 is 1.91 bits per heavy atom. The van der Waals surface area contributed by atoms with E-state index in [-0.39, 0.29) is 5.91 Å². The zero-order chi connectivity index (χ0) is 22.1. The maximum absolute atomic E-state index is 13.0. The van der Waals surface area contributed by atoms with Crippen molar-refractivity contribution in [3.05, 3.63) is 94.5 Å². The van der Waals surface area contributed by atoms with E-state index in [4.69, 9.17) is 11.6 Å². The number of nitrogens with zero attached hydrogens (tertiary/aromatic N) is 5. The number of nitrogens with one attached hydrogen (secondary N) is 1. The van der Waals surface area contributed by atoms with Gasteiger partial charge in [-0.2, -0.15) is 5.10 Å². The maximum atomic E-state index is 13.0. The van der Waals surface area contributed by atoms with E-state index in [0.29, 0.717) is 30.2 Å². The van der Waals surface area contributed by atoms with Gasteiger partial charge in [0.25, 0.3) is 5.91 Å². The number of rotatable bonds is 6. The van der Waals surface area contributed by atoms with Crippen LogP contribution in [0, 0.1) is 6.92 Å². The molecule has 1 N–H and O–H groups in total. The summed E-state index contributed by atoms with van der Waals surface area (Å²) >= 11 is 6.01. The summed E-state index contributed by atoms with van der Waals surface area (Å²) in [6.45, 7) is 3.02. The molecule has 3 aromatic heterocycles. The van der Waals surface area contributed by atoms with Crippen LogP contribution in [-0.2, 0) is 13.0 Å². The number of amides is 1. The Kier molecular flexibility index (Phi) is 5.33. The van der Waals surface area contributed by atoms with Gasteiger partial charge in [0.15, 0.2) is 11.3 Å². The van der Waals surface area contributed by atoms with Gasteiger partial charge in [0, 0.05) is 29.6 Å². The van der Waals surface area contributed by atoms with Crippen molar-refractivity contribution in [1.29, 1.82) is 0 Å². The van der Waals surface area contributed by atoms with Crippen LogP contribution in [0.5, 0.6) is 0 Å². The van der Waals surface area contributed by atoms with Gasteiger partial charge in [-0.15, -0.1) is 10.2 Å². The molecular weight excluding hydrogens is 424 g/mol. The second-order valence-corrected chi connectivity index (χ2v) is 8.14. The van der Waals surface area contributed by atoms with Crippen LogP contribution >= 0.6 is 11.6 Å². The molecule has 0 spiro atoms. The molecule has 0 unspecified atom stereocenters. The van der Waals surface area contributed by atoms with Gasteiger partial charge in [-0.3, -0.25) is 13.9 Å². The van der Waals surface area contributed by atoms with Crippen LogP contribution in [0.4, 0.5) is 0 Å². The molecule has 0 atom stereocenters. The summed E-state index contributed by atoms with van der Waals surface area (Å²) < 4.78 is 3.79. The lowest BCUT2D eigenvalue weighted by Crippen LogP contribution is -2.27. The van der Waals surface area contributed by atoms with Crippen molar-refractivity contribution in [2.24, 2.45) is 0 Å². The Hall–Kier alpha value is -3.71. The second-order valence-electron chi connectivity index (χ2n) is 7.70. The van der Waals surface area contributed by atoms with E-state index in [1.54, 1.807) is 0 Å². The fraction of sp³-hybridized carbons (Fsp3) is 0.167. The number of fused-ring (bicyclic) bond motifs is 2. The van der Waals surface area contributed by atoms with Crippen molar-refractivity contribution in [2.75, 3.05) is 6.54 Å². The number of carbonyl (C=O) groups excluding carboxylic acids is 1. The number of halogens is 1. The predicted octanol–water partition coefficient (Wildman–Crippen LogP) is 4.06. The first-order valence-corrected chi connectivity index (χ1v) is 10.7. The zero-order valence-corrected chi connectivity index (χ0v) is 18.3. The molecule has 0 fully saturated rings. The fourth-order valence-corrected chi connectivity index (χ4v) is 3.89. The summed E-state index contributed by atoms with van der Waals surface area (Å²) in [7, 11) is 0. The molecule has 0 aliphatic heterocycles. The number of hydrogen-bond acceptors (Lipinski definition) is 4. The van der Waals surface area contributed by atoms with Crippen LogP contribution in [0.1, 0.15) is 27.4 Å². The Morgan fingerprint density at radius 3 is 2.75 bits per heavy atom. The first-order chi connectivity index (χ1) is 15.6. The summed E-state index contributed by atoms with van der Waals surface area (Å²) in [6.07, 6.45) is 2.49. The molecule has 0 aliphatic rings. The number of hydrogen-bond donors (Lipinski definition) is 1. The van der Waals surface area contributed by atoms with Crippen LogP contribution in [0.15, 0.2) is 66.9 Å². The van der Waals surface area contributed by atoms with E-state index in [1.807, 2.05) is 76.8 Å². The standard InChI is InChI=1S/C24H21ClN6O/c1-16-5-10-19-20(14-16)31(15-17-6-8-18(25)9-7-17)29-23(19)24(32)26-12-11-22-28-27-21-4-2-3-13-30(21)22/h2-10,13-14H,11-12,15H2,1H3,(H,26,32). The van der Waals surface area contributed by atoms with Gasteiger partial charge >= 0.3 is 0 Å². The van der Waals surface area contributed by atoms with Crippen LogP contribution in [-0.4, -0.2) is 36.8 Å². The molecule has 0 aliphatic carbocycles. The fourth-order valence-electron chi connectivity index (χ4n) is 3.77. The van der Waals surface area contributed by atoms with E-state index in [2.05, 4.69) is 26.7 Å². The van der Waals surface area contributed by atoms with E-state index in [9.17, 15) is 4.79 Å². The zero-order valence-electron chi connectivity index (χ0n) is 17.5. The van der Waals surface area contributed by atoms with E-state index in [0.717, 1.165) is 33.5 Å². The van der Waals surface area contributed by atoms with Gasteiger partial charge in [0.2, 0.25) is 0 Å². The molecule has 5 aromatic rings. The molecule has 8 heteroatoms. The smallest absolute Gasteiger partial charge is 0.272 e. The highest BCUT2D eigenvalue weighted by Gasteiger charge is 2.18. The van der Waals surface area contributed by atoms with E-state index >= 15 is 0 Å². The maximum Gasteiger partial charge on any atom is 0.272 e. The first kappa shape index (κ1) is 20.2. The van der Waals surface area contributed by atoms with Gasteiger partial charge in [0.1, 0.15) is 5.82 Å². The Morgan fingerprint density at radius 1 is 1.06 bits per heavy atom. The highest BCUT2D eigenvalue weighted by molar-refractivity contribution is 6.30. The molecule has 0 saturated heterocycles. The van der Waals surface area contributed by atoms with Gasteiger partial charge in [-0.05, 0) is 48.4 Å². The minimum Gasteiger partial charge on any atom is -0.350 e. The third kappa shape index (κ3) is 3.94. The number of aromatic nitrogens is 5. The topological polar surface area (TPSA) is 77.1 Å². The lowest BCUT2D eigenvalue weighted by Gasteiger charge is -2.04. The van der Waals surface area contributed by atoms with Gasteiger partial charge in [-0.1, -0.05) is 41.9 Å². The summed E-state index contributed by atoms with van der Waals surface area (Å²) in [4.78, 5) is 13.0. The minimum atomic E-state index is -0.206. The van der Waals surface area contributed by atoms with Gasteiger partial charge in [-0.25, -0.2) is 0 Å². The molecule has 5 rings (SSSR count). The molecule has 0 bridgehead atoms. The van der Waals surface area contributed by atoms with Crippen molar-refractivity contribution >= 4 is 34.1 Å². The minimum absolute atomic E-state index is 0.206. The predicted molar refractivity (Wildman–Crippen MR) is 124 cm³/mol. The Balaban J connectivity index is 1.36. The van der Waals surface area contributed by atoms with Crippen molar-refractivity contribution in [3.63, 3.8) is 0 Å². The molecular formula is C24H21ClN6O. The Labute approximate surface area is 189 Å². The third-order valence-electron chi connectivity index (χ3n) is 5.39. The SMILES string of the molecule is Cc1ccc2c(C(=O)NCCc3nnc4ccccn34)nn(Cc3ccc(Cl)cc3)c2c1. The van der Waals surface area contributed by atoms with Crippen LogP contribution in [0.25, 0.3) is 16.6 Å². The summed E-state index contributed by atoms with van der Waals surface area (Å²) in [5, 5.41) is 17.5. The monoisotopic (exact) mass is 444 g/mol. The lowest BCUT2D eigenvalue weighted by atomic mass is 10.1. The summed E-state index contributed by atoms with van der Waals surface area (Å²) in [5.41, 5.74) is 4.30.